The van der Waals surface area contributed by atoms with Gasteiger partial charge < -0.3 is 20.1 Å². The van der Waals surface area contributed by atoms with Gasteiger partial charge in [-0.3, -0.25) is 0 Å². The highest BCUT2D eigenvalue weighted by Gasteiger charge is 2.16. The van der Waals surface area contributed by atoms with Crippen molar-refractivity contribution in [3.8, 4) is 5.75 Å². The van der Waals surface area contributed by atoms with Gasteiger partial charge in [0, 0.05) is 19.1 Å². The van der Waals surface area contributed by atoms with Crippen LogP contribution in [0.1, 0.15) is 37.8 Å². The molecule has 1 aliphatic heterocycles. The molecule has 1 aromatic rings. The number of halogens is 2. The molecule has 0 aliphatic carbocycles. The highest BCUT2D eigenvalue weighted by atomic mass is 19.3. The fourth-order valence-electron chi connectivity index (χ4n) is 2.82. The van der Waals surface area contributed by atoms with Crippen molar-refractivity contribution in [2.24, 2.45) is 0 Å². The van der Waals surface area contributed by atoms with Crippen LogP contribution in [0.5, 0.6) is 5.75 Å². The molecule has 130 valence electrons. The summed E-state index contributed by atoms with van der Waals surface area (Å²) in [6.45, 7) is 3.15. The lowest BCUT2D eigenvalue weighted by molar-refractivity contribution is -0.0498. The van der Waals surface area contributed by atoms with E-state index in [1.807, 2.05) is 0 Å². The summed E-state index contributed by atoms with van der Waals surface area (Å²) in [5, 5.41) is 12.9. The number of likely N-dealkylation sites (tertiary alicyclic amines) is 1. The molecule has 2 rings (SSSR count). The maximum atomic E-state index is 12.1. The van der Waals surface area contributed by atoms with Crippen LogP contribution in [0.2, 0.25) is 0 Å². The largest absolute Gasteiger partial charge is 0.435 e. The molecule has 1 unspecified atom stereocenters. The molecule has 2 N–H and O–H groups in total. The number of benzene rings is 1. The normalized spacial score (nSPS) is 18.3. The van der Waals surface area contributed by atoms with E-state index in [4.69, 9.17) is 0 Å². The number of alkyl halides is 2. The highest BCUT2D eigenvalue weighted by molar-refractivity contribution is 5.28. The Morgan fingerprint density at radius 2 is 1.91 bits per heavy atom. The van der Waals surface area contributed by atoms with E-state index in [1.165, 1.54) is 0 Å². The predicted octanol–water partition coefficient (Wildman–Crippen LogP) is 2.79. The van der Waals surface area contributed by atoms with Crippen LogP contribution in [-0.2, 0) is 0 Å². The molecule has 6 heteroatoms. The molecule has 4 nitrogen and oxygen atoms in total. The van der Waals surface area contributed by atoms with E-state index in [0.29, 0.717) is 0 Å². The van der Waals surface area contributed by atoms with Crippen LogP contribution in [0.3, 0.4) is 0 Å². The van der Waals surface area contributed by atoms with Crippen molar-refractivity contribution in [3.05, 3.63) is 29.8 Å². The fourth-order valence-corrected chi connectivity index (χ4v) is 2.82. The average molecular weight is 328 g/mol. The molecular weight excluding hydrogens is 302 g/mol. The van der Waals surface area contributed by atoms with Crippen LogP contribution in [0.4, 0.5) is 8.78 Å². The molecule has 23 heavy (non-hydrogen) atoms. The second-order valence-electron chi connectivity index (χ2n) is 6.05. The number of rotatable bonds is 8. The van der Waals surface area contributed by atoms with Crippen LogP contribution in [0.15, 0.2) is 24.3 Å². The monoisotopic (exact) mass is 328 g/mol. The van der Waals surface area contributed by atoms with E-state index in [0.717, 1.165) is 51.0 Å². The Morgan fingerprint density at radius 1 is 1.26 bits per heavy atom. The Hall–Kier alpha value is -1.24. The van der Waals surface area contributed by atoms with Crippen molar-refractivity contribution in [2.75, 3.05) is 26.2 Å². The number of hydrogen-bond donors (Lipinski definition) is 2. The summed E-state index contributed by atoms with van der Waals surface area (Å²) in [7, 11) is 0. The Balaban J connectivity index is 1.65. The van der Waals surface area contributed by atoms with Crippen LogP contribution >= 0.6 is 0 Å². The second kappa shape index (κ2) is 9.15. The summed E-state index contributed by atoms with van der Waals surface area (Å²) in [6, 6.07) is 6.92. The Kier molecular flexibility index (Phi) is 7.20. The standard InChI is InChI=1S/C17H26F2N2O2/c1-13(14-3-5-16(6-4-14)23-17(18)19)20-9-2-10-21-11-7-15(22)8-12-21/h3-6,13,15,17,20,22H,2,7-12H2,1H3. The Labute approximate surface area is 136 Å². The Bertz CT molecular complexity index is 448. The third-order valence-corrected chi connectivity index (χ3v) is 4.26. The van der Waals surface area contributed by atoms with E-state index in [9.17, 15) is 13.9 Å². The van der Waals surface area contributed by atoms with Crippen LogP contribution < -0.4 is 10.1 Å². The zero-order chi connectivity index (χ0) is 16.7. The van der Waals surface area contributed by atoms with Crippen LogP contribution in [0.25, 0.3) is 0 Å². The van der Waals surface area contributed by atoms with E-state index < -0.39 is 6.61 Å². The van der Waals surface area contributed by atoms with Gasteiger partial charge in [-0.1, -0.05) is 12.1 Å². The number of ether oxygens (including phenoxy) is 1. The summed E-state index contributed by atoms with van der Waals surface area (Å²) < 4.78 is 28.6. The zero-order valence-electron chi connectivity index (χ0n) is 13.5. The van der Waals surface area contributed by atoms with Gasteiger partial charge in [-0.15, -0.1) is 0 Å². The summed E-state index contributed by atoms with van der Waals surface area (Å²) in [6.07, 6.45) is 2.67. The number of aliphatic hydroxyl groups excluding tert-OH is 1. The Morgan fingerprint density at radius 3 is 2.52 bits per heavy atom. The number of hydrogen-bond acceptors (Lipinski definition) is 4. The summed E-state index contributed by atoms with van der Waals surface area (Å²) in [5.41, 5.74) is 1.05. The lowest BCUT2D eigenvalue weighted by Crippen LogP contribution is -2.37. The predicted molar refractivity (Wildman–Crippen MR) is 85.8 cm³/mol. The SMILES string of the molecule is CC(NCCCN1CCC(O)CC1)c1ccc(OC(F)F)cc1. The lowest BCUT2D eigenvalue weighted by atomic mass is 10.1. The third kappa shape index (κ3) is 6.41. The van der Waals surface area contributed by atoms with E-state index in [2.05, 4.69) is 21.9 Å². The minimum absolute atomic E-state index is 0.124. The van der Waals surface area contributed by atoms with Crippen molar-refractivity contribution in [3.63, 3.8) is 0 Å². The molecule has 1 heterocycles. The smallest absolute Gasteiger partial charge is 0.387 e. The van der Waals surface area contributed by atoms with Gasteiger partial charge in [-0.2, -0.15) is 8.78 Å². The van der Waals surface area contributed by atoms with E-state index in [1.54, 1.807) is 24.3 Å². The maximum Gasteiger partial charge on any atom is 0.387 e. The third-order valence-electron chi connectivity index (χ3n) is 4.26. The first-order valence-electron chi connectivity index (χ1n) is 8.23. The van der Waals surface area contributed by atoms with E-state index in [-0.39, 0.29) is 17.9 Å². The minimum atomic E-state index is -2.78. The summed E-state index contributed by atoms with van der Waals surface area (Å²) in [4.78, 5) is 2.38. The zero-order valence-corrected chi connectivity index (χ0v) is 13.5. The van der Waals surface area contributed by atoms with Gasteiger partial charge in [0.2, 0.25) is 0 Å². The van der Waals surface area contributed by atoms with Crippen molar-refractivity contribution in [2.45, 2.75) is 44.9 Å². The first-order chi connectivity index (χ1) is 11.0. The van der Waals surface area contributed by atoms with Crippen LogP contribution in [-0.4, -0.2) is 48.9 Å². The van der Waals surface area contributed by atoms with E-state index >= 15 is 0 Å². The molecule has 0 amide bonds. The van der Waals surface area contributed by atoms with Gasteiger partial charge in [0.05, 0.1) is 6.10 Å². The first kappa shape index (κ1) is 18.1. The van der Waals surface area contributed by atoms with Crippen LogP contribution in [0, 0.1) is 0 Å². The highest BCUT2D eigenvalue weighted by Crippen LogP contribution is 2.19. The molecule has 1 aromatic carbocycles. The maximum absolute atomic E-state index is 12.1. The van der Waals surface area contributed by atoms with Gasteiger partial charge in [0.1, 0.15) is 5.75 Å². The van der Waals surface area contributed by atoms with Gasteiger partial charge in [0.25, 0.3) is 0 Å². The summed E-state index contributed by atoms with van der Waals surface area (Å²) in [5.74, 6) is 0.184. The summed E-state index contributed by atoms with van der Waals surface area (Å²) >= 11 is 0. The van der Waals surface area contributed by atoms with Crippen molar-refractivity contribution < 1.29 is 18.6 Å². The molecular formula is C17H26F2N2O2. The minimum Gasteiger partial charge on any atom is -0.435 e. The van der Waals surface area contributed by atoms with Crippen molar-refractivity contribution >= 4 is 0 Å². The molecule has 0 radical (unpaired) electrons. The second-order valence-corrected chi connectivity index (χ2v) is 6.05. The number of aliphatic hydroxyl groups is 1. The topological polar surface area (TPSA) is 44.7 Å². The average Bonchev–Trinajstić information content (AvgIpc) is 2.53. The molecule has 1 saturated heterocycles. The molecule has 0 spiro atoms. The molecule has 0 saturated carbocycles. The number of nitrogens with one attached hydrogen (secondary N) is 1. The van der Waals surface area contributed by atoms with Gasteiger partial charge in [-0.05, 0) is 57.0 Å². The molecule has 1 atom stereocenters. The van der Waals surface area contributed by atoms with Crippen molar-refractivity contribution in [1.82, 2.24) is 10.2 Å². The number of piperidine rings is 1. The lowest BCUT2D eigenvalue weighted by Gasteiger charge is -2.29. The number of nitrogens with zero attached hydrogens (tertiary/aromatic N) is 1. The molecule has 1 fully saturated rings. The van der Waals surface area contributed by atoms with Gasteiger partial charge in [0.15, 0.2) is 0 Å². The fraction of sp³-hybridized carbons (Fsp3) is 0.647. The first-order valence-corrected chi connectivity index (χ1v) is 8.23. The van der Waals surface area contributed by atoms with Gasteiger partial charge >= 0.3 is 6.61 Å². The molecule has 1 aliphatic rings. The van der Waals surface area contributed by atoms with Crippen molar-refractivity contribution in [1.29, 1.82) is 0 Å². The quantitative estimate of drug-likeness (QED) is 0.720. The molecule has 0 aromatic heterocycles. The molecule has 0 bridgehead atoms. The van der Waals surface area contributed by atoms with Gasteiger partial charge in [-0.25, -0.2) is 0 Å².